The largest absolute Gasteiger partial charge is 0.480 e. The van der Waals surface area contributed by atoms with Gasteiger partial charge in [0.25, 0.3) is 5.91 Å². The summed E-state index contributed by atoms with van der Waals surface area (Å²) in [6.07, 6.45) is -0.469. The number of aliphatic carboxylic acids is 1. The van der Waals surface area contributed by atoms with Crippen LogP contribution in [-0.4, -0.2) is 40.2 Å². The average molecular weight is 428 g/mol. The highest BCUT2D eigenvalue weighted by Crippen LogP contribution is 2.30. The number of carbonyl (C=O) groups excluding carboxylic acids is 3. The van der Waals surface area contributed by atoms with Gasteiger partial charge in [-0.25, -0.2) is 9.80 Å². The van der Waals surface area contributed by atoms with E-state index in [4.69, 9.17) is 0 Å². The first-order chi connectivity index (χ1) is 14.1. The SMILES string of the molecule is O=CCC(C(=O)O)N(NC(=O)c1cccc(C(F)(F)F)c1)C(=O)CCC1CCCC1. The molecule has 10 heteroatoms. The van der Waals surface area contributed by atoms with Crippen molar-refractivity contribution in [3.63, 3.8) is 0 Å². The smallest absolute Gasteiger partial charge is 0.416 e. The fourth-order valence-corrected chi connectivity index (χ4v) is 3.48. The van der Waals surface area contributed by atoms with Crippen molar-refractivity contribution in [1.82, 2.24) is 10.4 Å². The Morgan fingerprint density at radius 1 is 1.23 bits per heavy atom. The molecule has 0 spiro atoms. The molecule has 0 aliphatic heterocycles. The third-order valence-electron chi connectivity index (χ3n) is 5.10. The van der Waals surface area contributed by atoms with Gasteiger partial charge in [-0.3, -0.25) is 15.0 Å². The molecule has 1 aromatic carbocycles. The Kier molecular flexibility index (Phi) is 7.96. The van der Waals surface area contributed by atoms with Crippen molar-refractivity contribution < 1.29 is 37.5 Å². The molecule has 1 atom stereocenters. The molecule has 7 nitrogen and oxygen atoms in total. The predicted molar refractivity (Wildman–Crippen MR) is 99.1 cm³/mol. The van der Waals surface area contributed by atoms with Crippen LogP contribution in [0, 0.1) is 5.92 Å². The molecule has 30 heavy (non-hydrogen) atoms. The number of hydrogen-bond acceptors (Lipinski definition) is 4. The molecule has 1 fully saturated rings. The van der Waals surface area contributed by atoms with E-state index in [2.05, 4.69) is 5.43 Å². The molecule has 2 N–H and O–H groups in total. The van der Waals surface area contributed by atoms with Crippen molar-refractivity contribution in [2.75, 3.05) is 0 Å². The van der Waals surface area contributed by atoms with E-state index >= 15 is 0 Å². The van der Waals surface area contributed by atoms with Gasteiger partial charge in [0.15, 0.2) is 6.04 Å². The summed E-state index contributed by atoms with van der Waals surface area (Å²) in [5.74, 6) is -2.98. The van der Waals surface area contributed by atoms with Gasteiger partial charge < -0.3 is 9.90 Å². The maximum atomic E-state index is 12.9. The molecule has 1 aliphatic carbocycles. The lowest BCUT2D eigenvalue weighted by atomic mass is 10.0. The Labute approximate surface area is 171 Å². The van der Waals surface area contributed by atoms with Gasteiger partial charge in [0.2, 0.25) is 5.91 Å². The van der Waals surface area contributed by atoms with E-state index in [0.29, 0.717) is 29.7 Å². The molecule has 2 amide bonds. The van der Waals surface area contributed by atoms with Gasteiger partial charge in [0.05, 0.1) is 5.56 Å². The maximum Gasteiger partial charge on any atom is 0.416 e. The molecule has 0 bridgehead atoms. The number of nitrogens with one attached hydrogen (secondary N) is 1. The van der Waals surface area contributed by atoms with Crippen LogP contribution in [0.15, 0.2) is 24.3 Å². The van der Waals surface area contributed by atoms with Gasteiger partial charge in [0, 0.05) is 18.4 Å². The number of hydrazine groups is 1. The molecule has 1 unspecified atom stereocenters. The van der Waals surface area contributed by atoms with E-state index in [0.717, 1.165) is 43.9 Å². The number of carboxylic acid groups (broad SMARTS) is 1. The number of benzene rings is 1. The molecule has 0 heterocycles. The van der Waals surface area contributed by atoms with Crippen LogP contribution >= 0.6 is 0 Å². The van der Waals surface area contributed by atoms with E-state index < -0.39 is 47.5 Å². The Morgan fingerprint density at radius 2 is 1.90 bits per heavy atom. The van der Waals surface area contributed by atoms with Gasteiger partial charge >= 0.3 is 12.1 Å². The van der Waals surface area contributed by atoms with Crippen LogP contribution in [0.25, 0.3) is 0 Å². The van der Waals surface area contributed by atoms with Crippen molar-refractivity contribution in [2.24, 2.45) is 5.92 Å². The molecule has 2 rings (SSSR count). The van der Waals surface area contributed by atoms with Crippen molar-refractivity contribution >= 4 is 24.1 Å². The normalized spacial score (nSPS) is 15.4. The summed E-state index contributed by atoms with van der Waals surface area (Å²) >= 11 is 0. The zero-order chi connectivity index (χ0) is 22.3. The van der Waals surface area contributed by atoms with Gasteiger partial charge in [-0.1, -0.05) is 31.7 Å². The lowest BCUT2D eigenvalue weighted by molar-refractivity contribution is -0.153. The van der Waals surface area contributed by atoms with E-state index in [9.17, 15) is 37.5 Å². The molecule has 164 valence electrons. The fourth-order valence-electron chi connectivity index (χ4n) is 3.48. The number of hydrogen-bond donors (Lipinski definition) is 2. The maximum absolute atomic E-state index is 12.9. The van der Waals surface area contributed by atoms with Crippen LogP contribution in [0.1, 0.15) is 60.9 Å². The number of halogens is 3. The number of carbonyl (C=O) groups is 4. The van der Waals surface area contributed by atoms with E-state index in [1.165, 1.54) is 0 Å². The first-order valence-corrected chi connectivity index (χ1v) is 9.60. The first kappa shape index (κ1) is 23.4. The second-order valence-corrected chi connectivity index (χ2v) is 7.23. The number of rotatable bonds is 8. The van der Waals surface area contributed by atoms with Gasteiger partial charge in [-0.15, -0.1) is 0 Å². The predicted octanol–water partition coefficient (Wildman–Crippen LogP) is 3.19. The second-order valence-electron chi connectivity index (χ2n) is 7.23. The van der Waals surface area contributed by atoms with E-state index in [1.807, 2.05) is 0 Å². The monoisotopic (exact) mass is 428 g/mol. The highest BCUT2D eigenvalue weighted by atomic mass is 19.4. The summed E-state index contributed by atoms with van der Waals surface area (Å²) in [7, 11) is 0. The zero-order valence-corrected chi connectivity index (χ0v) is 16.2. The van der Waals surface area contributed by atoms with Crippen LogP contribution in [0.3, 0.4) is 0 Å². The number of amides is 2. The molecule has 0 saturated heterocycles. The van der Waals surface area contributed by atoms with Gasteiger partial charge in [-0.2, -0.15) is 13.2 Å². The van der Waals surface area contributed by atoms with Crippen molar-refractivity contribution in [2.45, 2.75) is 57.2 Å². The van der Waals surface area contributed by atoms with E-state index in [1.54, 1.807) is 0 Å². The summed E-state index contributed by atoms with van der Waals surface area (Å²) in [4.78, 5) is 47.6. The molecule has 0 aromatic heterocycles. The standard InChI is InChI=1S/C20H23F3N2O5/c21-20(22,23)15-7-3-6-14(12-15)18(28)24-25(16(10-11-26)19(29)30)17(27)9-8-13-4-1-2-5-13/h3,6-7,11-13,16H,1-2,4-5,8-10H2,(H,24,28)(H,29,30). The molecular weight excluding hydrogens is 405 g/mol. The van der Waals surface area contributed by atoms with Crippen molar-refractivity contribution in [1.29, 1.82) is 0 Å². The summed E-state index contributed by atoms with van der Waals surface area (Å²) in [6, 6.07) is 1.87. The number of aldehydes is 1. The molecule has 1 aliphatic rings. The molecular formula is C20H23F3N2O5. The minimum Gasteiger partial charge on any atom is -0.480 e. The Hall–Kier alpha value is -2.91. The topological polar surface area (TPSA) is 104 Å². The molecule has 1 saturated carbocycles. The Bertz CT molecular complexity index is 791. The summed E-state index contributed by atoms with van der Waals surface area (Å²) < 4.78 is 38.7. The first-order valence-electron chi connectivity index (χ1n) is 9.60. The molecule has 0 radical (unpaired) electrons. The van der Waals surface area contributed by atoms with Gasteiger partial charge in [-0.05, 0) is 30.5 Å². The van der Waals surface area contributed by atoms with Gasteiger partial charge in [0.1, 0.15) is 6.29 Å². The summed E-state index contributed by atoms with van der Waals surface area (Å²) in [6.45, 7) is 0. The van der Waals surface area contributed by atoms with Crippen molar-refractivity contribution in [3.05, 3.63) is 35.4 Å². The number of nitrogens with zero attached hydrogens (tertiary/aromatic N) is 1. The van der Waals surface area contributed by atoms with Crippen molar-refractivity contribution in [3.8, 4) is 0 Å². The summed E-state index contributed by atoms with van der Waals surface area (Å²) in [5, 5.41) is 9.93. The zero-order valence-electron chi connectivity index (χ0n) is 16.2. The Morgan fingerprint density at radius 3 is 2.47 bits per heavy atom. The second kappa shape index (κ2) is 10.2. The van der Waals surface area contributed by atoms with Crippen LogP contribution in [0.5, 0.6) is 0 Å². The van der Waals surface area contributed by atoms with Crippen LogP contribution in [0.4, 0.5) is 13.2 Å². The van der Waals surface area contributed by atoms with Crippen LogP contribution in [-0.2, 0) is 20.6 Å². The fraction of sp³-hybridized carbons (Fsp3) is 0.500. The minimum absolute atomic E-state index is 0.0455. The molecule has 1 aromatic rings. The quantitative estimate of drug-likeness (QED) is 0.489. The average Bonchev–Trinajstić information content (AvgIpc) is 3.21. The van der Waals surface area contributed by atoms with Crippen LogP contribution < -0.4 is 5.43 Å². The highest BCUT2D eigenvalue weighted by molar-refractivity contribution is 5.96. The third kappa shape index (κ3) is 6.30. The third-order valence-corrected chi connectivity index (χ3v) is 5.10. The number of alkyl halides is 3. The number of carboxylic acids is 1. The summed E-state index contributed by atoms with van der Waals surface area (Å²) in [5.41, 5.74) is 0.638. The lowest BCUT2D eigenvalue weighted by Crippen LogP contribution is -2.55. The highest BCUT2D eigenvalue weighted by Gasteiger charge is 2.33. The Balaban J connectivity index is 2.20. The van der Waals surface area contributed by atoms with E-state index in [-0.39, 0.29) is 6.42 Å². The minimum atomic E-state index is -4.67. The lowest BCUT2D eigenvalue weighted by Gasteiger charge is -2.28. The van der Waals surface area contributed by atoms with Crippen LogP contribution in [0.2, 0.25) is 0 Å².